The Balaban J connectivity index is 1.06. The highest BCUT2D eigenvalue weighted by Gasteiger charge is 2.24. The first-order chi connectivity index (χ1) is 38.2. The minimum absolute atomic E-state index is 0.0216. The largest absolute Gasteiger partial charge is 0.400 e. The Bertz CT molecular complexity index is 3280. The van der Waals surface area contributed by atoms with E-state index >= 15 is 0 Å². The molecule has 0 bridgehead atoms. The zero-order chi connectivity index (χ0) is 56.4. The number of benzene rings is 4. The summed E-state index contributed by atoms with van der Waals surface area (Å²) in [6.07, 6.45) is 19.4. The smallest absolute Gasteiger partial charge is 0.250 e. The SMILES string of the molecule is CCCN(CCC)C(=O)C1=Cc2ccc(-c3ccc(C=O)c(/C=N\N(C)CC(N)=CC=NNC4=Nc5cc(-c6ccc(C=O)c(/C=N\N(C)Cc7nccn7C)c6)ccc5C=C(C(=O)N(CCC)CCC)C4)c3)cc2N=C(N)C1. The third kappa shape index (κ3) is 15.3. The van der Waals surface area contributed by atoms with E-state index in [1.165, 1.54) is 6.21 Å². The van der Waals surface area contributed by atoms with Gasteiger partial charge < -0.3 is 25.8 Å². The second-order valence-electron chi connectivity index (χ2n) is 19.6. The van der Waals surface area contributed by atoms with Gasteiger partial charge in [0.1, 0.15) is 17.5 Å². The topological polar surface area (TPSA) is 225 Å². The van der Waals surface area contributed by atoms with Crippen LogP contribution >= 0.6 is 0 Å². The summed E-state index contributed by atoms with van der Waals surface area (Å²) < 4.78 is 1.93. The molecule has 2 aliphatic heterocycles. The number of nitrogens with two attached hydrogens (primary N) is 2. The molecule has 1 aromatic heterocycles. The van der Waals surface area contributed by atoms with Crippen LogP contribution in [0.1, 0.15) is 115 Å². The van der Waals surface area contributed by atoms with E-state index in [1.807, 2.05) is 107 Å². The number of aryl methyl sites for hydroxylation is 1. The van der Waals surface area contributed by atoms with Crippen molar-refractivity contribution in [1.29, 1.82) is 0 Å². The molecule has 5 aromatic rings. The van der Waals surface area contributed by atoms with E-state index in [0.29, 0.717) is 94.9 Å². The lowest BCUT2D eigenvalue weighted by molar-refractivity contribution is -0.128. The molecule has 0 fully saturated rings. The molecule has 2 amide bonds. The number of hydrogen-bond acceptors (Lipinski definition) is 15. The minimum Gasteiger partial charge on any atom is -0.400 e. The van der Waals surface area contributed by atoms with Crippen molar-refractivity contribution in [3.8, 4) is 22.3 Å². The van der Waals surface area contributed by atoms with Crippen LogP contribution in [0.25, 0.3) is 34.4 Å². The number of allylic oxidation sites excluding steroid dienone is 1. The van der Waals surface area contributed by atoms with E-state index in [2.05, 4.69) is 53.4 Å². The van der Waals surface area contributed by atoms with E-state index in [4.69, 9.17) is 21.5 Å². The molecule has 0 atom stereocenters. The van der Waals surface area contributed by atoms with E-state index in [-0.39, 0.29) is 31.2 Å². The van der Waals surface area contributed by atoms with Crippen molar-refractivity contribution in [3.05, 3.63) is 147 Å². The quantitative estimate of drug-likeness (QED) is 0.0302. The Morgan fingerprint density at radius 1 is 0.671 bits per heavy atom. The van der Waals surface area contributed by atoms with Crippen molar-refractivity contribution in [3.63, 3.8) is 0 Å². The molecule has 0 saturated carbocycles. The second-order valence-corrected chi connectivity index (χ2v) is 19.6. The molecule has 0 radical (unpaired) electrons. The molecule has 0 spiro atoms. The number of aliphatic imine (C=N–C) groups is 2. The molecule has 79 heavy (non-hydrogen) atoms. The van der Waals surface area contributed by atoms with Crippen LogP contribution in [0.3, 0.4) is 0 Å². The maximum atomic E-state index is 14.1. The number of fused-ring (bicyclic) bond motifs is 2. The first kappa shape index (κ1) is 57.6. The number of rotatable bonds is 24. The van der Waals surface area contributed by atoms with Crippen molar-refractivity contribution in [2.45, 2.75) is 72.8 Å². The molecule has 410 valence electrons. The van der Waals surface area contributed by atoms with Gasteiger partial charge in [0, 0.05) is 129 Å². The number of hydrazone groups is 3. The van der Waals surface area contributed by atoms with Crippen LogP contribution in [0.5, 0.6) is 0 Å². The fourth-order valence-corrected chi connectivity index (χ4v) is 9.24. The van der Waals surface area contributed by atoms with E-state index in [1.54, 1.807) is 53.9 Å². The molecular formula is C61H72N14O4. The third-order valence-corrected chi connectivity index (χ3v) is 13.2. The normalized spacial score (nSPS) is 13.4. The van der Waals surface area contributed by atoms with Gasteiger partial charge in [0.25, 0.3) is 0 Å². The van der Waals surface area contributed by atoms with Gasteiger partial charge in [-0.25, -0.2) is 15.0 Å². The Labute approximate surface area is 463 Å². The summed E-state index contributed by atoms with van der Waals surface area (Å²) in [6, 6.07) is 22.8. The number of likely N-dealkylation sites (N-methyl/N-ethyl adjacent to an activating group) is 1. The summed E-state index contributed by atoms with van der Waals surface area (Å²) in [5.74, 6) is 1.60. The van der Waals surface area contributed by atoms with Crippen LogP contribution in [0.4, 0.5) is 11.4 Å². The van der Waals surface area contributed by atoms with Gasteiger partial charge in [-0.1, -0.05) is 76.2 Å². The minimum atomic E-state index is -0.0581. The van der Waals surface area contributed by atoms with Gasteiger partial charge >= 0.3 is 0 Å². The zero-order valence-electron chi connectivity index (χ0n) is 46.4. The first-order valence-electron chi connectivity index (χ1n) is 26.8. The number of aromatic nitrogens is 2. The van der Waals surface area contributed by atoms with Gasteiger partial charge in [-0.2, -0.15) is 15.3 Å². The molecule has 0 unspecified atom stereocenters. The number of nitrogens with zero attached hydrogens (tertiary/aromatic N) is 11. The predicted octanol–water partition coefficient (Wildman–Crippen LogP) is 9.12. The van der Waals surface area contributed by atoms with Crippen LogP contribution in [-0.4, -0.2) is 131 Å². The molecule has 5 N–H and O–H groups in total. The van der Waals surface area contributed by atoms with E-state index in [9.17, 15) is 19.2 Å². The number of nitrogens with one attached hydrogen (secondary N) is 1. The van der Waals surface area contributed by atoms with Crippen molar-refractivity contribution in [1.82, 2.24) is 34.8 Å². The molecule has 18 nitrogen and oxygen atoms in total. The monoisotopic (exact) mass is 1060 g/mol. The summed E-state index contributed by atoms with van der Waals surface area (Å²) >= 11 is 0. The number of aldehydes is 2. The Morgan fingerprint density at radius 3 is 1.67 bits per heavy atom. The molecule has 0 aliphatic carbocycles. The van der Waals surface area contributed by atoms with Crippen molar-refractivity contribution in [2.24, 2.45) is 43.8 Å². The zero-order valence-corrected chi connectivity index (χ0v) is 46.4. The Morgan fingerprint density at radius 2 is 1.16 bits per heavy atom. The van der Waals surface area contributed by atoms with Gasteiger partial charge in [0.05, 0.1) is 36.9 Å². The lowest BCUT2D eigenvalue weighted by Crippen LogP contribution is -2.34. The molecule has 4 aromatic carbocycles. The van der Waals surface area contributed by atoms with Gasteiger partial charge in [-0.3, -0.25) is 34.6 Å². The van der Waals surface area contributed by atoms with Crippen molar-refractivity contribution >= 4 is 78.2 Å². The molecule has 3 heterocycles. The molecule has 0 saturated heterocycles. The maximum absolute atomic E-state index is 14.1. The summed E-state index contributed by atoms with van der Waals surface area (Å²) in [7, 11) is 5.55. The number of amidine groups is 2. The third-order valence-electron chi connectivity index (χ3n) is 13.2. The Kier molecular flexibility index (Phi) is 20.3. The van der Waals surface area contributed by atoms with E-state index in [0.717, 1.165) is 77.5 Å². The fraction of sp³-hybridized carbons (Fsp3) is 0.311. The molecular weight excluding hydrogens is 993 g/mol. The fourth-order valence-electron chi connectivity index (χ4n) is 9.24. The molecule has 7 rings (SSSR count). The average molecular weight is 1070 g/mol. The standard InChI is InChI=1S/C61H72N14O4/c1-8-23-74(24-9-2)60(78)50-30-46-16-12-44(32-55(46)68-57(63)34-50)42-14-18-48(40-76)52(28-42)36-66-72(6)38-54(62)20-21-65-70-58-35-51(61(79)75(25-10-3)26-11-4)31-47-17-13-45(33-56(47)69-58)43-15-19-49(41-77)53(29-43)37-67-73(7)39-59-64-22-27-71(59)5/h12-22,27-33,36-37,40-41H,8-11,23-26,34-35,38-39,62H2,1-7H3,(H2,63,68)(H,69,70)/b54-20?,65-21?,66-36-,67-37-. The maximum Gasteiger partial charge on any atom is 0.250 e. The highest BCUT2D eigenvalue weighted by molar-refractivity contribution is 6.07. The average Bonchev–Trinajstić information content (AvgIpc) is 3.70. The lowest BCUT2D eigenvalue weighted by atomic mass is 9.97. The lowest BCUT2D eigenvalue weighted by Gasteiger charge is -2.23. The van der Waals surface area contributed by atoms with Gasteiger partial charge in [-0.15, -0.1) is 0 Å². The van der Waals surface area contributed by atoms with Gasteiger partial charge in [0.2, 0.25) is 11.8 Å². The van der Waals surface area contributed by atoms with Gasteiger partial charge in [0.15, 0.2) is 12.6 Å². The number of amides is 2. The number of carbonyl (C=O) groups excluding carboxylic acids is 4. The van der Waals surface area contributed by atoms with Crippen LogP contribution in [0, 0.1) is 0 Å². The number of carbonyl (C=O) groups is 4. The van der Waals surface area contributed by atoms with Crippen molar-refractivity contribution in [2.75, 3.05) is 46.8 Å². The summed E-state index contributed by atoms with van der Waals surface area (Å²) in [5, 5.41) is 17.1. The first-order valence-corrected chi connectivity index (χ1v) is 26.8. The van der Waals surface area contributed by atoms with E-state index < -0.39 is 0 Å². The highest BCUT2D eigenvalue weighted by atomic mass is 16.2. The highest BCUT2D eigenvalue weighted by Crippen LogP contribution is 2.35. The molecule has 2 aliphatic rings. The van der Waals surface area contributed by atoms with Crippen LogP contribution < -0.4 is 16.9 Å². The summed E-state index contributed by atoms with van der Waals surface area (Å²) in [4.78, 5) is 69.8. The number of imidazole rings is 1. The molecule has 18 heteroatoms. The summed E-state index contributed by atoms with van der Waals surface area (Å²) in [5.41, 5.74) is 26.1. The van der Waals surface area contributed by atoms with Crippen LogP contribution in [0.15, 0.2) is 133 Å². The van der Waals surface area contributed by atoms with Gasteiger partial charge in [-0.05, 0) is 90.4 Å². The summed E-state index contributed by atoms with van der Waals surface area (Å²) in [6.45, 7) is 11.6. The second kappa shape index (κ2) is 27.8. The predicted molar refractivity (Wildman–Crippen MR) is 319 cm³/mol. The van der Waals surface area contributed by atoms with Crippen molar-refractivity contribution < 1.29 is 19.2 Å². The van der Waals surface area contributed by atoms with Crippen LogP contribution in [-0.2, 0) is 23.2 Å². The number of hydrogen-bond donors (Lipinski definition) is 3. The van der Waals surface area contributed by atoms with Crippen LogP contribution in [0.2, 0.25) is 0 Å². The Hall–Kier alpha value is -9.06.